The van der Waals surface area contributed by atoms with Crippen LogP contribution >= 0.6 is 0 Å². The number of nitriles is 2. The van der Waals surface area contributed by atoms with E-state index in [1.54, 1.807) is 12.1 Å². The van der Waals surface area contributed by atoms with Crippen LogP contribution in [0, 0.1) is 36.5 Å². The molecule has 3 aromatic rings. The maximum atomic E-state index is 9.06. The van der Waals surface area contributed by atoms with Crippen LogP contribution in [0.4, 0.5) is 0 Å². The monoisotopic (exact) mass is 298 g/mol. The molecule has 0 fully saturated rings. The first-order valence-electron chi connectivity index (χ1n) is 7.25. The third-order valence-corrected chi connectivity index (χ3v) is 3.96. The molecule has 23 heavy (non-hydrogen) atoms. The Bertz CT molecular complexity index is 890. The van der Waals surface area contributed by atoms with Crippen LogP contribution in [0.3, 0.4) is 0 Å². The predicted molar refractivity (Wildman–Crippen MR) is 88.5 cm³/mol. The Kier molecular flexibility index (Phi) is 3.71. The smallest absolute Gasteiger partial charge is 0.138 e. The van der Waals surface area contributed by atoms with Crippen LogP contribution in [0.1, 0.15) is 22.3 Å². The lowest BCUT2D eigenvalue weighted by Gasteiger charge is -2.00. The molecule has 0 bridgehead atoms. The van der Waals surface area contributed by atoms with Crippen LogP contribution in [-0.4, -0.2) is 0 Å². The third-order valence-electron chi connectivity index (χ3n) is 3.96. The van der Waals surface area contributed by atoms with Gasteiger partial charge in [0.15, 0.2) is 0 Å². The minimum Gasteiger partial charge on any atom is -0.456 e. The second-order valence-electron chi connectivity index (χ2n) is 5.40. The SMILES string of the molecule is Cc1c(-c2cccc(C#N)c2)oc(-c2cccc(C#N)c2)c1C. The second kappa shape index (κ2) is 5.83. The topological polar surface area (TPSA) is 60.7 Å². The zero-order valence-corrected chi connectivity index (χ0v) is 12.9. The van der Waals surface area contributed by atoms with E-state index in [1.807, 2.05) is 50.2 Å². The summed E-state index contributed by atoms with van der Waals surface area (Å²) in [4.78, 5) is 0. The Morgan fingerprint density at radius 1 is 0.739 bits per heavy atom. The molecule has 110 valence electrons. The van der Waals surface area contributed by atoms with Crippen molar-refractivity contribution in [2.24, 2.45) is 0 Å². The molecule has 3 rings (SSSR count). The Balaban J connectivity index is 2.15. The average molecular weight is 298 g/mol. The van der Waals surface area contributed by atoms with Crippen molar-refractivity contribution >= 4 is 0 Å². The van der Waals surface area contributed by atoms with Gasteiger partial charge in [-0.3, -0.25) is 0 Å². The summed E-state index contributed by atoms with van der Waals surface area (Å²) in [7, 11) is 0. The molecular formula is C20H14N2O. The van der Waals surface area contributed by atoms with Crippen molar-refractivity contribution in [1.82, 2.24) is 0 Å². The predicted octanol–water partition coefficient (Wildman–Crippen LogP) is 4.97. The molecule has 0 N–H and O–H groups in total. The van der Waals surface area contributed by atoms with E-state index in [2.05, 4.69) is 12.1 Å². The van der Waals surface area contributed by atoms with Gasteiger partial charge >= 0.3 is 0 Å². The van der Waals surface area contributed by atoms with Crippen molar-refractivity contribution < 1.29 is 4.42 Å². The van der Waals surface area contributed by atoms with Crippen molar-refractivity contribution in [3.8, 4) is 34.8 Å². The van der Waals surface area contributed by atoms with Crippen molar-refractivity contribution in [1.29, 1.82) is 10.5 Å². The highest BCUT2D eigenvalue weighted by Gasteiger charge is 2.17. The van der Waals surface area contributed by atoms with Gasteiger partial charge in [-0.2, -0.15) is 10.5 Å². The fraction of sp³-hybridized carbons (Fsp3) is 0.100. The molecule has 2 aromatic carbocycles. The highest BCUT2D eigenvalue weighted by Crippen LogP contribution is 2.36. The van der Waals surface area contributed by atoms with Crippen LogP contribution in [0.5, 0.6) is 0 Å². The standard InChI is InChI=1S/C20H14N2O/c1-13-14(2)20(18-8-4-6-16(10-18)12-22)23-19(13)17-7-3-5-15(9-17)11-21/h3-10H,1-2H3. The minimum atomic E-state index is 0.601. The van der Waals surface area contributed by atoms with E-state index in [4.69, 9.17) is 14.9 Å². The molecule has 0 spiro atoms. The Morgan fingerprint density at radius 2 is 1.17 bits per heavy atom. The molecule has 1 aromatic heterocycles. The molecule has 3 nitrogen and oxygen atoms in total. The van der Waals surface area contributed by atoms with Gasteiger partial charge in [0, 0.05) is 11.1 Å². The van der Waals surface area contributed by atoms with Gasteiger partial charge in [0.05, 0.1) is 23.3 Å². The molecule has 1 heterocycles. The molecule has 0 aliphatic carbocycles. The Morgan fingerprint density at radius 3 is 1.57 bits per heavy atom. The molecule has 0 atom stereocenters. The fourth-order valence-corrected chi connectivity index (χ4v) is 2.61. The summed E-state index contributed by atoms with van der Waals surface area (Å²) in [6.45, 7) is 4.01. The first kappa shape index (κ1) is 14.6. The summed E-state index contributed by atoms with van der Waals surface area (Å²) < 4.78 is 6.10. The molecule has 0 aliphatic rings. The number of hydrogen-bond donors (Lipinski definition) is 0. The van der Waals surface area contributed by atoms with Gasteiger partial charge in [-0.25, -0.2) is 0 Å². The zero-order chi connectivity index (χ0) is 16.4. The van der Waals surface area contributed by atoms with E-state index in [0.29, 0.717) is 11.1 Å². The zero-order valence-electron chi connectivity index (χ0n) is 12.9. The van der Waals surface area contributed by atoms with E-state index in [0.717, 1.165) is 33.8 Å². The third kappa shape index (κ3) is 2.61. The van der Waals surface area contributed by atoms with Crippen molar-refractivity contribution in [2.45, 2.75) is 13.8 Å². The molecule has 0 saturated heterocycles. The van der Waals surface area contributed by atoms with Crippen molar-refractivity contribution in [3.05, 3.63) is 70.8 Å². The highest BCUT2D eigenvalue weighted by atomic mass is 16.3. The molecular weight excluding hydrogens is 284 g/mol. The van der Waals surface area contributed by atoms with Gasteiger partial charge in [-0.1, -0.05) is 24.3 Å². The van der Waals surface area contributed by atoms with Crippen LogP contribution in [0.15, 0.2) is 52.9 Å². The van der Waals surface area contributed by atoms with E-state index in [1.165, 1.54) is 0 Å². The number of hydrogen-bond acceptors (Lipinski definition) is 3. The van der Waals surface area contributed by atoms with Gasteiger partial charge in [0.2, 0.25) is 0 Å². The van der Waals surface area contributed by atoms with Gasteiger partial charge < -0.3 is 4.42 Å². The number of rotatable bonds is 2. The summed E-state index contributed by atoms with van der Waals surface area (Å²) >= 11 is 0. The van der Waals surface area contributed by atoms with Crippen LogP contribution in [0.2, 0.25) is 0 Å². The first-order valence-corrected chi connectivity index (χ1v) is 7.25. The number of nitrogens with zero attached hydrogens (tertiary/aromatic N) is 2. The number of benzene rings is 2. The van der Waals surface area contributed by atoms with Gasteiger partial charge in [0.1, 0.15) is 11.5 Å². The summed E-state index contributed by atoms with van der Waals surface area (Å²) in [6.07, 6.45) is 0. The highest BCUT2D eigenvalue weighted by molar-refractivity contribution is 5.73. The van der Waals surface area contributed by atoms with Crippen LogP contribution in [0.25, 0.3) is 22.6 Å². The molecule has 0 amide bonds. The van der Waals surface area contributed by atoms with Gasteiger partial charge in [-0.15, -0.1) is 0 Å². The largest absolute Gasteiger partial charge is 0.456 e. The quantitative estimate of drug-likeness (QED) is 0.670. The summed E-state index contributed by atoms with van der Waals surface area (Å²) in [6, 6.07) is 19.0. The average Bonchev–Trinajstić information content (AvgIpc) is 2.90. The fourth-order valence-electron chi connectivity index (χ4n) is 2.61. The maximum Gasteiger partial charge on any atom is 0.138 e. The summed E-state index contributed by atoms with van der Waals surface area (Å²) in [5.74, 6) is 1.52. The normalized spacial score (nSPS) is 10.1. The van der Waals surface area contributed by atoms with E-state index < -0.39 is 0 Å². The molecule has 0 aliphatic heterocycles. The summed E-state index contributed by atoms with van der Waals surface area (Å²) in [5, 5.41) is 18.1. The Hall–Kier alpha value is -3.30. The first-order chi connectivity index (χ1) is 11.1. The molecule has 3 heteroatoms. The molecule has 0 saturated carbocycles. The van der Waals surface area contributed by atoms with Gasteiger partial charge in [-0.05, 0) is 49.2 Å². The maximum absolute atomic E-state index is 9.06. The number of furan rings is 1. The Labute approximate surface area is 135 Å². The lowest BCUT2D eigenvalue weighted by Crippen LogP contribution is -1.81. The molecule has 0 radical (unpaired) electrons. The van der Waals surface area contributed by atoms with Crippen molar-refractivity contribution in [3.63, 3.8) is 0 Å². The van der Waals surface area contributed by atoms with Crippen LogP contribution < -0.4 is 0 Å². The van der Waals surface area contributed by atoms with Crippen LogP contribution in [-0.2, 0) is 0 Å². The lowest BCUT2D eigenvalue weighted by atomic mass is 10.0. The summed E-state index contributed by atoms with van der Waals surface area (Å²) in [5.41, 5.74) is 5.04. The van der Waals surface area contributed by atoms with E-state index in [9.17, 15) is 0 Å². The minimum absolute atomic E-state index is 0.601. The van der Waals surface area contributed by atoms with E-state index >= 15 is 0 Å². The van der Waals surface area contributed by atoms with Gasteiger partial charge in [0.25, 0.3) is 0 Å². The lowest BCUT2D eigenvalue weighted by molar-refractivity contribution is 0.594. The second-order valence-corrected chi connectivity index (χ2v) is 5.40. The molecule has 0 unspecified atom stereocenters. The van der Waals surface area contributed by atoms with Crippen molar-refractivity contribution in [2.75, 3.05) is 0 Å². The van der Waals surface area contributed by atoms with E-state index in [-0.39, 0.29) is 0 Å².